The van der Waals surface area contributed by atoms with Gasteiger partial charge >= 0.3 is 0 Å². The van der Waals surface area contributed by atoms with E-state index in [1.54, 1.807) is 0 Å². The topological polar surface area (TPSA) is 44.8 Å². The van der Waals surface area contributed by atoms with Gasteiger partial charge in [-0.1, -0.05) is 30.3 Å². The van der Waals surface area contributed by atoms with E-state index in [1.807, 2.05) is 41.3 Å². The molecule has 2 heterocycles. The fourth-order valence-electron chi connectivity index (χ4n) is 3.25. The number of anilines is 2. The van der Waals surface area contributed by atoms with E-state index in [0.717, 1.165) is 48.9 Å². The summed E-state index contributed by atoms with van der Waals surface area (Å²) in [5.74, 6) is 0.785. The third kappa shape index (κ3) is 3.72. The van der Waals surface area contributed by atoms with Crippen LogP contribution in [-0.4, -0.2) is 38.7 Å². The molecule has 25 heavy (non-hydrogen) atoms. The van der Waals surface area contributed by atoms with E-state index < -0.39 is 0 Å². The fraction of sp³-hybridized carbons (Fsp3) is 0.316. The Morgan fingerprint density at radius 3 is 2.56 bits per heavy atom. The number of ether oxygens (including phenoxy) is 1. The first kappa shape index (κ1) is 17.6. The number of nitrogens with zero attached hydrogens (tertiary/aromatic N) is 2. The van der Waals surface area contributed by atoms with Crippen LogP contribution >= 0.6 is 12.4 Å². The largest absolute Gasteiger partial charge is 0.482 e. The van der Waals surface area contributed by atoms with Gasteiger partial charge in [0.05, 0.1) is 12.2 Å². The third-order valence-corrected chi connectivity index (χ3v) is 4.55. The van der Waals surface area contributed by atoms with Crippen molar-refractivity contribution in [2.45, 2.75) is 6.54 Å². The highest BCUT2D eigenvalue weighted by Gasteiger charge is 2.26. The number of nitrogens with one attached hydrogen (secondary N) is 1. The molecule has 1 N–H and O–H groups in total. The molecule has 2 aliphatic rings. The fourth-order valence-corrected chi connectivity index (χ4v) is 3.25. The Labute approximate surface area is 154 Å². The number of piperazine rings is 1. The van der Waals surface area contributed by atoms with Gasteiger partial charge in [-0.2, -0.15) is 0 Å². The molecule has 1 amide bonds. The average molecular weight is 360 g/mol. The lowest BCUT2D eigenvalue weighted by Gasteiger charge is -2.33. The summed E-state index contributed by atoms with van der Waals surface area (Å²) in [4.78, 5) is 16.6. The van der Waals surface area contributed by atoms with E-state index in [9.17, 15) is 4.79 Å². The molecule has 6 heteroatoms. The Hall–Kier alpha value is -2.24. The molecule has 5 nitrogen and oxygen atoms in total. The summed E-state index contributed by atoms with van der Waals surface area (Å²) >= 11 is 0. The summed E-state index contributed by atoms with van der Waals surface area (Å²) in [7, 11) is 0. The van der Waals surface area contributed by atoms with Gasteiger partial charge in [0, 0.05) is 31.9 Å². The molecule has 2 aromatic rings. The first-order valence-corrected chi connectivity index (χ1v) is 8.38. The SMILES string of the molecule is Cl.O=C1COc2ccc(N3CCNCC3)cc2N1Cc1ccccc1. The number of hydrogen-bond donors (Lipinski definition) is 1. The highest BCUT2D eigenvalue weighted by molar-refractivity contribution is 5.98. The van der Waals surface area contributed by atoms with Gasteiger partial charge in [0.2, 0.25) is 0 Å². The average Bonchev–Trinajstić information content (AvgIpc) is 2.65. The third-order valence-electron chi connectivity index (χ3n) is 4.55. The normalized spacial score (nSPS) is 16.7. The summed E-state index contributed by atoms with van der Waals surface area (Å²) in [6.45, 7) is 4.60. The van der Waals surface area contributed by atoms with Crippen LogP contribution in [0.15, 0.2) is 48.5 Å². The Balaban J connectivity index is 0.00000182. The number of halogens is 1. The van der Waals surface area contributed by atoms with E-state index >= 15 is 0 Å². The molecule has 0 aromatic heterocycles. The van der Waals surface area contributed by atoms with E-state index in [4.69, 9.17) is 4.74 Å². The molecule has 1 saturated heterocycles. The van der Waals surface area contributed by atoms with Crippen molar-refractivity contribution < 1.29 is 9.53 Å². The Morgan fingerprint density at radius 1 is 1.04 bits per heavy atom. The molecule has 0 spiro atoms. The molecule has 0 aliphatic carbocycles. The lowest BCUT2D eigenvalue weighted by Crippen LogP contribution is -2.44. The maximum absolute atomic E-state index is 12.4. The first-order chi connectivity index (χ1) is 11.8. The molecular formula is C19H22ClN3O2. The second kappa shape index (κ2) is 7.76. The van der Waals surface area contributed by atoms with Gasteiger partial charge in [-0.3, -0.25) is 4.79 Å². The van der Waals surface area contributed by atoms with Gasteiger partial charge in [-0.05, 0) is 23.8 Å². The monoisotopic (exact) mass is 359 g/mol. The zero-order valence-electron chi connectivity index (χ0n) is 14.0. The number of amides is 1. The Bertz CT molecular complexity index is 733. The summed E-state index contributed by atoms with van der Waals surface area (Å²) in [6, 6.07) is 16.2. The standard InChI is InChI=1S/C19H21N3O2.ClH/c23-19-14-24-18-7-6-16(21-10-8-20-9-11-21)12-17(18)22(19)13-15-4-2-1-3-5-15;/h1-7,12,20H,8-11,13-14H2;1H. The highest BCUT2D eigenvalue weighted by Crippen LogP contribution is 2.36. The number of benzene rings is 2. The lowest BCUT2D eigenvalue weighted by molar-refractivity contribution is -0.121. The smallest absolute Gasteiger partial charge is 0.265 e. The van der Waals surface area contributed by atoms with E-state index in [0.29, 0.717) is 6.54 Å². The van der Waals surface area contributed by atoms with Crippen LogP contribution in [0.3, 0.4) is 0 Å². The zero-order chi connectivity index (χ0) is 16.4. The van der Waals surface area contributed by atoms with Crippen molar-refractivity contribution in [2.24, 2.45) is 0 Å². The second-order valence-corrected chi connectivity index (χ2v) is 6.14. The van der Waals surface area contributed by atoms with Crippen molar-refractivity contribution >= 4 is 29.7 Å². The number of fused-ring (bicyclic) bond motifs is 1. The van der Waals surface area contributed by atoms with Gasteiger partial charge in [-0.15, -0.1) is 12.4 Å². The van der Waals surface area contributed by atoms with E-state index in [1.165, 1.54) is 0 Å². The summed E-state index contributed by atoms with van der Waals surface area (Å²) < 4.78 is 5.62. The van der Waals surface area contributed by atoms with E-state index in [2.05, 4.69) is 22.3 Å². The number of carbonyl (C=O) groups is 1. The van der Waals surface area contributed by atoms with Crippen molar-refractivity contribution in [3.05, 3.63) is 54.1 Å². The summed E-state index contributed by atoms with van der Waals surface area (Å²) in [5.41, 5.74) is 3.13. The van der Waals surface area contributed by atoms with Crippen LogP contribution in [0.1, 0.15) is 5.56 Å². The maximum Gasteiger partial charge on any atom is 0.265 e. The quantitative estimate of drug-likeness (QED) is 0.914. The molecule has 0 atom stereocenters. The van der Waals surface area contributed by atoms with Crippen molar-refractivity contribution in [1.82, 2.24) is 5.32 Å². The second-order valence-electron chi connectivity index (χ2n) is 6.14. The van der Waals surface area contributed by atoms with Crippen LogP contribution in [0.4, 0.5) is 11.4 Å². The van der Waals surface area contributed by atoms with Crippen molar-refractivity contribution in [3.8, 4) is 5.75 Å². The molecular weight excluding hydrogens is 338 g/mol. The van der Waals surface area contributed by atoms with Gasteiger partial charge in [0.15, 0.2) is 6.61 Å². The van der Waals surface area contributed by atoms with Crippen LogP contribution in [0, 0.1) is 0 Å². The Kier molecular flexibility index (Phi) is 5.46. The van der Waals surface area contributed by atoms with Gasteiger partial charge in [0.25, 0.3) is 5.91 Å². The number of hydrogen-bond acceptors (Lipinski definition) is 4. The van der Waals surface area contributed by atoms with Crippen molar-refractivity contribution in [3.63, 3.8) is 0 Å². The molecule has 0 unspecified atom stereocenters. The van der Waals surface area contributed by atoms with Crippen LogP contribution in [0.2, 0.25) is 0 Å². The molecule has 2 aliphatic heterocycles. The number of rotatable bonds is 3. The predicted octanol–water partition coefficient (Wildman–Crippen LogP) is 2.44. The lowest BCUT2D eigenvalue weighted by atomic mass is 10.1. The zero-order valence-corrected chi connectivity index (χ0v) is 14.8. The molecule has 1 fully saturated rings. The predicted molar refractivity (Wildman–Crippen MR) is 102 cm³/mol. The van der Waals surface area contributed by atoms with Gasteiger partial charge in [-0.25, -0.2) is 0 Å². The van der Waals surface area contributed by atoms with Crippen LogP contribution in [0.5, 0.6) is 5.75 Å². The summed E-state index contributed by atoms with van der Waals surface area (Å²) in [5, 5.41) is 3.36. The van der Waals surface area contributed by atoms with Crippen LogP contribution in [0.25, 0.3) is 0 Å². The van der Waals surface area contributed by atoms with Gasteiger partial charge < -0.3 is 19.9 Å². The van der Waals surface area contributed by atoms with Gasteiger partial charge in [0.1, 0.15) is 5.75 Å². The minimum atomic E-state index is 0. The highest BCUT2D eigenvalue weighted by atomic mass is 35.5. The molecule has 0 radical (unpaired) electrons. The molecule has 132 valence electrons. The molecule has 4 rings (SSSR count). The molecule has 2 aromatic carbocycles. The summed E-state index contributed by atoms with van der Waals surface area (Å²) in [6.07, 6.45) is 0. The van der Waals surface area contributed by atoms with E-state index in [-0.39, 0.29) is 24.9 Å². The molecule has 0 saturated carbocycles. The van der Waals surface area contributed by atoms with Crippen LogP contribution < -0.4 is 19.9 Å². The van der Waals surface area contributed by atoms with Crippen molar-refractivity contribution in [2.75, 3.05) is 42.6 Å². The number of carbonyl (C=O) groups excluding carboxylic acids is 1. The minimum absolute atomic E-state index is 0. The first-order valence-electron chi connectivity index (χ1n) is 8.38. The maximum atomic E-state index is 12.4. The molecule has 0 bridgehead atoms. The minimum Gasteiger partial charge on any atom is -0.482 e. The Morgan fingerprint density at radius 2 is 1.80 bits per heavy atom. The van der Waals surface area contributed by atoms with Crippen molar-refractivity contribution in [1.29, 1.82) is 0 Å². The van der Waals surface area contributed by atoms with Crippen LogP contribution in [-0.2, 0) is 11.3 Å².